The number of aromatic nitrogens is 4. The van der Waals surface area contributed by atoms with Crippen LogP contribution in [0.1, 0.15) is 39.5 Å². The summed E-state index contributed by atoms with van der Waals surface area (Å²) in [6.45, 7) is 4.20. The summed E-state index contributed by atoms with van der Waals surface area (Å²) >= 11 is 0. The number of rotatable bonds is 7. The molecule has 13 heteroatoms. The molecule has 160 valence electrons. The first kappa shape index (κ1) is 22.4. The number of amides is 1. The highest BCUT2D eigenvalue weighted by atomic mass is 16.6. The number of carbonyl (C=O) groups is 4. The van der Waals surface area contributed by atoms with Gasteiger partial charge in [-0.25, -0.2) is 9.97 Å². The minimum Gasteiger partial charge on any atom is -0.462 e. The zero-order valence-corrected chi connectivity index (χ0v) is 16.5. The SMILES string of the molecule is CC(=O)Nc1nc2ncc([C@@H](OC(C)=O)[C@H](COC(C)=O)OC(C)=O)nc2c(=O)[nH]1. The summed E-state index contributed by atoms with van der Waals surface area (Å²) in [6, 6.07) is 0. The Kier molecular flexibility index (Phi) is 7.12. The molecule has 0 aliphatic rings. The van der Waals surface area contributed by atoms with E-state index < -0.39 is 48.2 Å². The fourth-order valence-corrected chi connectivity index (χ4v) is 2.40. The van der Waals surface area contributed by atoms with Gasteiger partial charge >= 0.3 is 17.9 Å². The van der Waals surface area contributed by atoms with E-state index in [9.17, 15) is 24.0 Å². The van der Waals surface area contributed by atoms with Gasteiger partial charge in [-0.1, -0.05) is 0 Å². The summed E-state index contributed by atoms with van der Waals surface area (Å²) in [4.78, 5) is 72.1. The van der Waals surface area contributed by atoms with Crippen LogP contribution in [-0.2, 0) is 33.4 Å². The molecule has 2 aromatic rings. The lowest BCUT2D eigenvalue weighted by Crippen LogP contribution is -2.33. The van der Waals surface area contributed by atoms with Crippen LogP contribution < -0.4 is 10.9 Å². The normalized spacial score (nSPS) is 12.5. The highest BCUT2D eigenvalue weighted by molar-refractivity contribution is 5.87. The summed E-state index contributed by atoms with van der Waals surface area (Å²) in [6.07, 6.45) is -1.41. The molecule has 2 heterocycles. The molecule has 0 aliphatic heterocycles. The molecule has 0 fully saturated rings. The van der Waals surface area contributed by atoms with Crippen molar-refractivity contribution in [2.45, 2.75) is 39.9 Å². The molecule has 0 aromatic carbocycles. The van der Waals surface area contributed by atoms with E-state index in [0.717, 1.165) is 27.0 Å². The maximum Gasteiger partial charge on any atom is 0.303 e. The molecular formula is C17H19N5O8. The van der Waals surface area contributed by atoms with Crippen LogP contribution in [0, 0.1) is 0 Å². The Morgan fingerprint density at radius 2 is 1.70 bits per heavy atom. The van der Waals surface area contributed by atoms with Crippen LogP contribution in [0.15, 0.2) is 11.0 Å². The molecule has 1 amide bonds. The first-order valence-electron chi connectivity index (χ1n) is 8.59. The number of ether oxygens (including phenoxy) is 3. The van der Waals surface area contributed by atoms with E-state index in [1.807, 2.05) is 0 Å². The highest BCUT2D eigenvalue weighted by Gasteiger charge is 2.32. The van der Waals surface area contributed by atoms with E-state index in [1.165, 1.54) is 6.92 Å². The minimum absolute atomic E-state index is 0.0457. The second-order valence-corrected chi connectivity index (χ2v) is 6.04. The first-order valence-corrected chi connectivity index (χ1v) is 8.59. The number of esters is 3. The number of H-pyrrole nitrogens is 1. The summed E-state index contributed by atoms with van der Waals surface area (Å²) < 4.78 is 15.2. The number of fused-ring (bicyclic) bond motifs is 1. The van der Waals surface area contributed by atoms with Crippen LogP contribution in [0.2, 0.25) is 0 Å². The smallest absolute Gasteiger partial charge is 0.303 e. The van der Waals surface area contributed by atoms with E-state index in [4.69, 9.17) is 14.2 Å². The predicted molar refractivity (Wildman–Crippen MR) is 99.0 cm³/mol. The Bertz CT molecular complexity index is 1050. The first-order chi connectivity index (χ1) is 14.1. The largest absolute Gasteiger partial charge is 0.462 e. The Morgan fingerprint density at radius 3 is 2.27 bits per heavy atom. The Hall–Kier alpha value is -3.90. The van der Waals surface area contributed by atoms with Crippen molar-refractivity contribution in [1.82, 2.24) is 19.9 Å². The van der Waals surface area contributed by atoms with E-state index >= 15 is 0 Å². The van der Waals surface area contributed by atoms with Crippen molar-refractivity contribution in [2.24, 2.45) is 0 Å². The van der Waals surface area contributed by atoms with Crippen LogP contribution in [-0.4, -0.2) is 56.5 Å². The second kappa shape index (κ2) is 9.54. The van der Waals surface area contributed by atoms with Gasteiger partial charge in [0.2, 0.25) is 11.9 Å². The lowest BCUT2D eigenvalue weighted by molar-refractivity contribution is -0.174. The molecule has 0 aliphatic carbocycles. The molecule has 2 atom stereocenters. The summed E-state index contributed by atoms with van der Waals surface area (Å²) in [5.41, 5.74) is -1.07. The molecular weight excluding hydrogens is 402 g/mol. The van der Waals surface area contributed by atoms with Gasteiger partial charge in [0.1, 0.15) is 12.3 Å². The predicted octanol–water partition coefficient (Wildman–Crippen LogP) is -0.229. The number of anilines is 1. The van der Waals surface area contributed by atoms with E-state index in [-0.39, 0.29) is 22.8 Å². The van der Waals surface area contributed by atoms with Crippen molar-refractivity contribution in [3.63, 3.8) is 0 Å². The Labute approximate surface area is 169 Å². The summed E-state index contributed by atoms with van der Waals surface area (Å²) in [7, 11) is 0. The molecule has 2 aromatic heterocycles. The van der Waals surface area contributed by atoms with E-state index in [0.29, 0.717) is 0 Å². The quantitative estimate of drug-likeness (QED) is 0.445. The van der Waals surface area contributed by atoms with Crippen molar-refractivity contribution < 1.29 is 33.4 Å². The van der Waals surface area contributed by atoms with Crippen LogP contribution in [0.5, 0.6) is 0 Å². The number of carbonyl (C=O) groups excluding carboxylic acids is 4. The molecule has 2 rings (SSSR count). The van der Waals surface area contributed by atoms with Crippen LogP contribution in [0.3, 0.4) is 0 Å². The summed E-state index contributed by atoms with van der Waals surface area (Å²) in [5.74, 6) is -2.69. The van der Waals surface area contributed by atoms with Crippen LogP contribution in [0.25, 0.3) is 11.2 Å². The summed E-state index contributed by atoms with van der Waals surface area (Å²) in [5, 5.41) is 2.32. The molecule has 0 radical (unpaired) electrons. The lowest BCUT2D eigenvalue weighted by Gasteiger charge is -2.25. The average molecular weight is 421 g/mol. The Balaban J connectivity index is 2.51. The maximum absolute atomic E-state index is 12.3. The Morgan fingerprint density at radius 1 is 1.03 bits per heavy atom. The standard InChI is InChI=1S/C17H19N5O8/c1-7(23)19-17-21-15-13(16(27)22-17)20-11(5-18-15)14(30-10(4)26)12(29-9(3)25)6-28-8(2)24/h5,12,14H,6H2,1-4H3,(H2,18,19,21,22,23,27)/t12-,14+/m0/s1. The van der Waals surface area contributed by atoms with Crippen molar-refractivity contribution in [1.29, 1.82) is 0 Å². The number of nitrogens with one attached hydrogen (secondary N) is 2. The van der Waals surface area contributed by atoms with Crippen LogP contribution >= 0.6 is 0 Å². The molecule has 13 nitrogen and oxygen atoms in total. The third-order valence-electron chi connectivity index (χ3n) is 3.42. The third kappa shape index (κ3) is 6.05. The monoisotopic (exact) mass is 421 g/mol. The second-order valence-electron chi connectivity index (χ2n) is 6.04. The lowest BCUT2D eigenvalue weighted by atomic mass is 10.1. The van der Waals surface area contributed by atoms with Crippen molar-refractivity contribution in [3.8, 4) is 0 Å². The molecule has 0 saturated carbocycles. The van der Waals surface area contributed by atoms with E-state index in [1.54, 1.807) is 0 Å². The van der Waals surface area contributed by atoms with Gasteiger partial charge in [-0.05, 0) is 0 Å². The third-order valence-corrected chi connectivity index (χ3v) is 3.42. The fraction of sp³-hybridized carbons (Fsp3) is 0.412. The van der Waals surface area contributed by atoms with Gasteiger partial charge in [0.25, 0.3) is 5.56 Å². The van der Waals surface area contributed by atoms with Gasteiger partial charge in [-0.3, -0.25) is 34.3 Å². The number of hydrogen-bond donors (Lipinski definition) is 2. The van der Waals surface area contributed by atoms with Crippen molar-refractivity contribution >= 4 is 40.9 Å². The highest BCUT2D eigenvalue weighted by Crippen LogP contribution is 2.24. The average Bonchev–Trinajstić information content (AvgIpc) is 2.62. The molecule has 0 saturated heterocycles. The van der Waals surface area contributed by atoms with Crippen molar-refractivity contribution in [3.05, 3.63) is 22.2 Å². The van der Waals surface area contributed by atoms with Gasteiger partial charge in [0, 0.05) is 27.7 Å². The number of nitrogens with zero attached hydrogens (tertiary/aromatic N) is 3. The minimum atomic E-state index is -1.32. The maximum atomic E-state index is 12.3. The molecule has 0 bridgehead atoms. The number of hydrogen-bond acceptors (Lipinski definition) is 11. The van der Waals surface area contributed by atoms with E-state index in [2.05, 4.69) is 25.3 Å². The molecule has 0 spiro atoms. The van der Waals surface area contributed by atoms with Crippen LogP contribution in [0.4, 0.5) is 5.95 Å². The molecule has 2 N–H and O–H groups in total. The van der Waals surface area contributed by atoms with Gasteiger partial charge in [0.15, 0.2) is 23.4 Å². The molecule has 0 unspecified atom stereocenters. The number of aromatic amines is 1. The topological polar surface area (TPSA) is 180 Å². The van der Waals surface area contributed by atoms with Gasteiger partial charge in [-0.2, -0.15) is 4.98 Å². The van der Waals surface area contributed by atoms with Gasteiger partial charge in [0.05, 0.1) is 6.20 Å². The molecule has 30 heavy (non-hydrogen) atoms. The van der Waals surface area contributed by atoms with Gasteiger partial charge < -0.3 is 14.2 Å². The fourth-order valence-electron chi connectivity index (χ4n) is 2.40. The zero-order valence-electron chi connectivity index (χ0n) is 16.5. The van der Waals surface area contributed by atoms with Crippen molar-refractivity contribution in [2.75, 3.05) is 11.9 Å². The zero-order chi connectivity index (χ0) is 22.4. The van der Waals surface area contributed by atoms with Gasteiger partial charge in [-0.15, -0.1) is 0 Å².